The standard InChI is InChI=1S/C21H22O3/c1-3-23-20-14-11-19(12-15-20)10-7-17-5-8-18(9-6-17)13-16-21(22)24-4-2/h5-6,8-9,11-12,14-15H,3-4,13,16H2,1-2H3. The number of rotatable bonds is 6. The zero-order valence-electron chi connectivity index (χ0n) is 14.2. The van der Waals surface area contributed by atoms with E-state index >= 15 is 0 Å². The summed E-state index contributed by atoms with van der Waals surface area (Å²) in [4.78, 5) is 11.4. The summed E-state index contributed by atoms with van der Waals surface area (Å²) in [5.74, 6) is 6.98. The highest BCUT2D eigenvalue weighted by Gasteiger charge is 2.02. The van der Waals surface area contributed by atoms with Crippen LogP contribution in [0.25, 0.3) is 0 Å². The first-order valence-corrected chi connectivity index (χ1v) is 8.20. The second-order valence-corrected chi connectivity index (χ2v) is 5.21. The van der Waals surface area contributed by atoms with E-state index < -0.39 is 0 Å². The molecular formula is C21H22O3. The summed E-state index contributed by atoms with van der Waals surface area (Å²) in [6.45, 7) is 4.87. The monoisotopic (exact) mass is 322 g/mol. The molecule has 0 aliphatic carbocycles. The average Bonchev–Trinajstić information content (AvgIpc) is 2.61. The van der Waals surface area contributed by atoms with E-state index in [1.165, 1.54) is 0 Å². The molecule has 3 nitrogen and oxygen atoms in total. The Morgan fingerprint density at radius 1 is 0.875 bits per heavy atom. The number of aryl methyl sites for hydroxylation is 1. The number of carbonyl (C=O) groups excluding carboxylic acids is 1. The predicted molar refractivity (Wildman–Crippen MR) is 95.0 cm³/mol. The van der Waals surface area contributed by atoms with Crippen molar-refractivity contribution in [2.75, 3.05) is 13.2 Å². The van der Waals surface area contributed by atoms with Gasteiger partial charge in [-0.05, 0) is 62.2 Å². The molecule has 24 heavy (non-hydrogen) atoms. The van der Waals surface area contributed by atoms with Crippen LogP contribution >= 0.6 is 0 Å². The van der Waals surface area contributed by atoms with Gasteiger partial charge in [0.1, 0.15) is 5.75 Å². The van der Waals surface area contributed by atoms with E-state index in [0.29, 0.717) is 26.1 Å². The van der Waals surface area contributed by atoms with Gasteiger partial charge in [-0.3, -0.25) is 4.79 Å². The largest absolute Gasteiger partial charge is 0.494 e. The van der Waals surface area contributed by atoms with E-state index in [1.807, 2.05) is 62.4 Å². The van der Waals surface area contributed by atoms with Crippen molar-refractivity contribution in [2.45, 2.75) is 26.7 Å². The van der Waals surface area contributed by atoms with Gasteiger partial charge in [0.15, 0.2) is 0 Å². The molecular weight excluding hydrogens is 300 g/mol. The van der Waals surface area contributed by atoms with Crippen molar-refractivity contribution in [3.8, 4) is 17.6 Å². The minimum Gasteiger partial charge on any atom is -0.494 e. The lowest BCUT2D eigenvalue weighted by Crippen LogP contribution is -2.05. The third-order valence-corrected chi connectivity index (χ3v) is 3.39. The van der Waals surface area contributed by atoms with Crippen LogP contribution in [-0.2, 0) is 16.0 Å². The highest BCUT2D eigenvalue weighted by atomic mass is 16.5. The molecule has 0 aromatic heterocycles. The lowest BCUT2D eigenvalue weighted by molar-refractivity contribution is -0.143. The third kappa shape index (κ3) is 5.81. The number of carbonyl (C=O) groups is 1. The van der Waals surface area contributed by atoms with E-state index in [1.54, 1.807) is 0 Å². The van der Waals surface area contributed by atoms with Crippen LogP contribution in [-0.4, -0.2) is 19.2 Å². The van der Waals surface area contributed by atoms with Gasteiger partial charge in [-0.2, -0.15) is 0 Å². The van der Waals surface area contributed by atoms with Crippen LogP contribution in [0.2, 0.25) is 0 Å². The molecule has 0 aliphatic rings. The van der Waals surface area contributed by atoms with Crippen LogP contribution in [0.4, 0.5) is 0 Å². The Bertz CT molecular complexity index is 703. The zero-order chi connectivity index (χ0) is 17.2. The smallest absolute Gasteiger partial charge is 0.306 e. The van der Waals surface area contributed by atoms with Gasteiger partial charge in [0.2, 0.25) is 0 Å². The fourth-order valence-electron chi connectivity index (χ4n) is 2.18. The molecule has 0 atom stereocenters. The van der Waals surface area contributed by atoms with Gasteiger partial charge in [0, 0.05) is 17.5 Å². The fourth-order valence-corrected chi connectivity index (χ4v) is 2.18. The fraction of sp³-hybridized carbons (Fsp3) is 0.286. The summed E-state index contributed by atoms with van der Waals surface area (Å²) in [7, 11) is 0. The van der Waals surface area contributed by atoms with Crippen molar-refractivity contribution in [1.29, 1.82) is 0 Å². The summed E-state index contributed by atoms with van der Waals surface area (Å²) in [5, 5.41) is 0. The molecule has 0 spiro atoms. The van der Waals surface area contributed by atoms with Crippen molar-refractivity contribution in [3.05, 3.63) is 65.2 Å². The second kappa shape index (κ2) is 9.42. The van der Waals surface area contributed by atoms with Gasteiger partial charge in [-0.15, -0.1) is 0 Å². The van der Waals surface area contributed by atoms with Crippen molar-refractivity contribution < 1.29 is 14.3 Å². The molecule has 2 aromatic carbocycles. The summed E-state index contributed by atoms with van der Waals surface area (Å²) in [6, 6.07) is 15.7. The van der Waals surface area contributed by atoms with Gasteiger partial charge >= 0.3 is 5.97 Å². The Balaban J connectivity index is 1.93. The normalized spacial score (nSPS) is 9.75. The Labute approximate surface area is 143 Å². The topological polar surface area (TPSA) is 35.5 Å². The minimum absolute atomic E-state index is 0.156. The highest BCUT2D eigenvalue weighted by Crippen LogP contribution is 2.12. The Morgan fingerprint density at radius 2 is 1.46 bits per heavy atom. The number of ether oxygens (including phenoxy) is 2. The first-order chi connectivity index (χ1) is 11.7. The molecule has 124 valence electrons. The minimum atomic E-state index is -0.156. The summed E-state index contributed by atoms with van der Waals surface area (Å²) < 4.78 is 10.3. The number of esters is 1. The molecule has 2 rings (SSSR count). The maximum Gasteiger partial charge on any atom is 0.306 e. The number of hydrogen-bond acceptors (Lipinski definition) is 3. The first-order valence-electron chi connectivity index (χ1n) is 8.20. The Morgan fingerprint density at radius 3 is 2.00 bits per heavy atom. The first kappa shape index (κ1) is 17.6. The molecule has 0 saturated heterocycles. The summed E-state index contributed by atoms with van der Waals surface area (Å²) >= 11 is 0. The third-order valence-electron chi connectivity index (χ3n) is 3.39. The molecule has 0 fully saturated rings. The molecule has 0 unspecified atom stereocenters. The van der Waals surface area contributed by atoms with Crippen LogP contribution in [0.1, 0.15) is 37.0 Å². The molecule has 0 amide bonds. The van der Waals surface area contributed by atoms with Gasteiger partial charge in [-0.1, -0.05) is 24.0 Å². The quantitative estimate of drug-likeness (QED) is 0.596. The summed E-state index contributed by atoms with van der Waals surface area (Å²) in [5.41, 5.74) is 3.00. The molecule has 0 heterocycles. The van der Waals surface area contributed by atoms with E-state index in [2.05, 4.69) is 11.8 Å². The molecule has 0 saturated carbocycles. The van der Waals surface area contributed by atoms with Crippen molar-refractivity contribution >= 4 is 5.97 Å². The van der Waals surface area contributed by atoms with E-state index in [0.717, 1.165) is 22.4 Å². The molecule has 3 heteroatoms. The molecule has 2 aromatic rings. The summed E-state index contributed by atoms with van der Waals surface area (Å²) in [6.07, 6.45) is 1.09. The van der Waals surface area contributed by atoms with Crippen LogP contribution in [0.3, 0.4) is 0 Å². The van der Waals surface area contributed by atoms with Crippen LogP contribution < -0.4 is 4.74 Å². The maximum atomic E-state index is 11.4. The van der Waals surface area contributed by atoms with E-state index in [9.17, 15) is 4.79 Å². The second-order valence-electron chi connectivity index (χ2n) is 5.21. The van der Waals surface area contributed by atoms with Crippen LogP contribution in [0.5, 0.6) is 5.75 Å². The lowest BCUT2D eigenvalue weighted by atomic mass is 10.1. The molecule has 0 bridgehead atoms. The van der Waals surface area contributed by atoms with Gasteiger partial charge in [0.25, 0.3) is 0 Å². The molecule has 0 aliphatic heterocycles. The van der Waals surface area contributed by atoms with Crippen molar-refractivity contribution in [1.82, 2.24) is 0 Å². The van der Waals surface area contributed by atoms with Gasteiger partial charge < -0.3 is 9.47 Å². The SMILES string of the molecule is CCOC(=O)CCc1ccc(C#Cc2ccc(OCC)cc2)cc1. The molecule has 0 N–H and O–H groups in total. The Hall–Kier alpha value is -2.73. The predicted octanol–water partition coefficient (Wildman–Crippen LogP) is 3.98. The molecule has 0 radical (unpaired) electrons. The average molecular weight is 322 g/mol. The van der Waals surface area contributed by atoms with Gasteiger partial charge in [-0.25, -0.2) is 0 Å². The zero-order valence-corrected chi connectivity index (χ0v) is 14.2. The highest BCUT2D eigenvalue weighted by molar-refractivity contribution is 5.69. The van der Waals surface area contributed by atoms with Crippen molar-refractivity contribution in [2.24, 2.45) is 0 Å². The van der Waals surface area contributed by atoms with E-state index in [-0.39, 0.29) is 5.97 Å². The van der Waals surface area contributed by atoms with Gasteiger partial charge in [0.05, 0.1) is 13.2 Å². The Kier molecular flexibility index (Phi) is 6.91. The van der Waals surface area contributed by atoms with Crippen LogP contribution in [0.15, 0.2) is 48.5 Å². The lowest BCUT2D eigenvalue weighted by Gasteiger charge is -2.02. The maximum absolute atomic E-state index is 11.4. The number of benzene rings is 2. The van der Waals surface area contributed by atoms with Crippen LogP contribution in [0, 0.1) is 11.8 Å². The number of hydrogen-bond donors (Lipinski definition) is 0. The van der Waals surface area contributed by atoms with E-state index in [4.69, 9.17) is 9.47 Å². The van der Waals surface area contributed by atoms with Crippen molar-refractivity contribution in [3.63, 3.8) is 0 Å².